The number of ether oxygens (including phenoxy) is 3. The van der Waals surface area contributed by atoms with E-state index in [1.54, 1.807) is 14.2 Å². The third-order valence-electron chi connectivity index (χ3n) is 5.41. The highest BCUT2D eigenvalue weighted by atomic mass is 127. The number of halogens is 1. The highest BCUT2D eigenvalue weighted by Crippen LogP contribution is 2.27. The Labute approximate surface area is 214 Å². The van der Waals surface area contributed by atoms with Gasteiger partial charge in [0.1, 0.15) is 11.5 Å². The Kier molecular flexibility index (Phi) is 12.2. The van der Waals surface area contributed by atoms with E-state index < -0.39 is 0 Å². The molecule has 0 spiro atoms. The number of hydrogen-bond acceptors (Lipinski definition) is 5. The minimum Gasteiger partial charge on any atom is -0.497 e. The van der Waals surface area contributed by atoms with Gasteiger partial charge in [0, 0.05) is 69.8 Å². The van der Waals surface area contributed by atoms with Gasteiger partial charge in [-0.3, -0.25) is 4.99 Å². The molecule has 2 N–H and O–H groups in total. The molecule has 3 rings (SSSR count). The number of anilines is 2. The molecule has 0 radical (unpaired) electrons. The molecule has 0 aliphatic carbocycles. The second-order valence-electron chi connectivity index (χ2n) is 7.87. The number of methoxy groups -OCH3 is 2. The van der Waals surface area contributed by atoms with Gasteiger partial charge in [0.25, 0.3) is 0 Å². The number of aliphatic imine (C=N–C) groups is 1. The Morgan fingerprint density at radius 1 is 1.09 bits per heavy atom. The molecule has 0 aromatic heterocycles. The van der Waals surface area contributed by atoms with E-state index in [0.29, 0.717) is 19.1 Å². The van der Waals surface area contributed by atoms with Gasteiger partial charge >= 0.3 is 0 Å². The highest BCUT2D eigenvalue weighted by molar-refractivity contribution is 14.0. The van der Waals surface area contributed by atoms with E-state index in [4.69, 9.17) is 19.2 Å². The maximum atomic E-state index is 5.81. The lowest BCUT2D eigenvalue weighted by molar-refractivity contribution is 0.172. The van der Waals surface area contributed by atoms with Gasteiger partial charge < -0.3 is 29.7 Å². The van der Waals surface area contributed by atoms with Gasteiger partial charge in [-0.05, 0) is 43.5 Å². The summed E-state index contributed by atoms with van der Waals surface area (Å²) in [5.41, 5.74) is 2.17. The molecule has 1 saturated heterocycles. The SMILES string of the molecule is CCNC(=NCC1CCN(c2cccc(OC)c2)C1)Nc1cccc(OCCCOC)c1.I. The number of benzene rings is 2. The minimum atomic E-state index is 0. The van der Waals surface area contributed by atoms with Crippen molar-refractivity contribution >= 4 is 41.3 Å². The second-order valence-corrected chi connectivity index (χ2v) is 7.87. The molecule has 1 heterocycles. The van der Waals surface area contributed by atoms with Crippen molar-refractivity contribution in [2.45, 2.75) is 19.8 Å². The van der Waals surface area contributed by atoms with Crippen molar-refractivity contribution in [3.63, 3.8) is 0 Å². The van der Waals surface area contributed by atoms with Crippen LogP contribution >= 0.6 is 24.0 Å². The lowest BCUT2D eigenvalue weighted by Gasteiger charge is -2.19. The fourth-order valence-electron chi connectivity index (χ4n) is 3.74. The highest BCUT2D eigenvalue weighted by Gasteiger charge is 2.23. The van der Waals surface area contributed by atoms with Crippen LogP contribution in [0.5, 0.6) is 11.5 Å². The summed E-state index contributed by atoms with van der Waals surface area (Å²) in [6, 6.07) is 16.2. The third-order valence-corrected chi connectivity index (χ3v) is 5.41. The molecule has 33 heavy (non-hydrogen) atoms. The summed E-state index contributed by atoms with van der Waals surface area (Å²) in [6.07, 6.45) is 2.00. The van der Waals surface area contributed by atoms with Crippen molar-refractivity contribution < 1.29 is 14.2 Å². The fourth-order valence-corrected chi connectivity index (χ4v) is 3.74. The van der Waals surface area contributed by atoms with Crippen molar-refractivity contribution in [1.29, 1.82) is 0 Å². The number of rotatable bonds is 11. The molecule has 0 saturated carbocycles. The molecule has 1 aliphatic heterocycles. The molecule has 1 aliphatic rings. The van der Waals surface area contributed by atoms with Gasteiger partial charge in [0.05, 0.1) is 13.7 Å². The average Bonchev–Trinajstić information content (AvgIpc) is 3.30. The van der Waals surface area contributed by atoms with Crippen molar-refractivity contribution in [1.82, 2.24) is 5.32 Å². The monoisotopic (exact) mass is 568 g/mol. The summed E-state index contributed by atoms with van der Waals surface area (Å²) < 4.78 is 16.2. The zero-order valence-corrected chi connectivity index (χ0v) is 22.2. The normalized spacial score (nSPS) is 15.7. The van der Waals surface area contributed by atoms with Gasteiger partial charge in [0.15, 0.2) is 5.96 Å². The zero-order chi connectivity index (χ0) is 22.6. The molecule has 1 fully saturated rings. The summed E-state index contributed by atoms with van der Waals surface area (Å²) in [5, 5.41) is 6.75. The smallest absolute Gasteiger partial charge is 0.195 e. The Morgan fingerprint density at radius 3 is 2.70 bits per heavy atom. The number of hydrogen-bond donors (Lipinski definition) is 2. The first kappa shape index (κ1) is 27.0. The molecule has 2 aromatic carbocycles. The van der Waals surface area contributed by atoms with E-state index in [2.05, 4.69) is 34.6 Å². The van der Waals surface area contributed by atoms with Crippen LogP contribution in [0.3, 0.4) is 0 Å². The van der Waals surface area contributed by atoms with Gasteiger partial charge in [-0.25, -0.2) is 0 Å². The van der Waals surface area contributed by atoms with Crippen LogP contribution < -0.4 is 25.0 Å². The Balaban J connectivity index is 0.00000385. The van der Waals surface area contributed by atoms with E-state index in [1.807, 2.05) is 36.4 Å². The van der Waals surface area contributed by atoms with E-state index >= 15 is 0 Å². The molecule has 0 bridgehead atoms. The summed E-state index contributed by atoms with van der Waals surface area (Å²) in [7, 11) is 3.41. The van der Waals surface area contributed by atoms with E-state index in [0.717, 1.165) is 62.2 Å². The lowest BCUT2D eigenvalue weighted by Crippen LogP contribution is -2.31. The van der Waals surface area contributed by atoms with E-state index in [-0.39, 0.29) is 24.0 Å². The molecule has 0 amide bonds. The van der Waals surface area contributed by atoms with Crippen LogP contribution in [0, 0.1) is 5.92 Å². The van der Waals surface area contributed by atoms with Crippen LogP contribution in [-0.4, -0.2) is 59.6 Å². The summed E-state index contributed by atoms with van der Waals surface area (Å²) in [6.45, 7) is 7.04. The summed E-state index contributed by atoms with van der Waals surface area (Å²) >= 11 is 0. The van der Waals surface area contributed by atoms with Crippen molar-refractivity contribution in [2.75, 3.05) is 63.8 Å². The maximum absolute atomic E-state index is 5.81. The van der Waals surface area contributed by atoms with Gasteiger partial charge in [-0.2, -0.15) is 0 Å². The van der Waals surface area contributed by atoms with E-state index in [1.165, 1.54) is 5.69 Å². The molecule has 8 heteroatoms. The maximum Gasteiger partial charge on any atom is 0.195 e. The van der Waals surface area contributed by atoms with Crippen LogP contribution in [0.1, 0.15) is 19.8 Å². The first-order chi connectivity index (χ1) is 15.7. The predicted octanol–water partition coefficient (Wildman–Crippen LogP) is 4.63. The fraction of sp³-hybridized carbons (Fsp3) is 0.480. The molecular formula is C25H37IN4O3. The van der Waals surface area contributed by atoms with Crippen LogP contribution in [0.15, 0.2) is 53.5 Å². The van der Waals surface area contributed by atoms with Crippen LogP contribution in [-0.2, 0) is 4.74 Å². The minimum absolute atomic E-state index is 0. The quantitative estimate of drug-likeness (QED) is 0.178. The topological polar surface area (TPSA) is 67.4 Å². The first-order valence-corrected chi connectivity index (χ1v) is 11.4. The largest absolute Gasteiger partial charge is 0.497 e. The molecule has 182 valence electrons. The summed E-state index contributed by atoms with van der Waals surface area (Å²) in [5.74, 6) is 3.05. The van der Waals surface area contributed by atoms with E-state index in [9.17, 15) is 0 Å². The summed E-state index contributed by atoms with van der Waals surface area (Å²) in [4.78, 5) is 7.26. The lowest BCUT2D eigenvalue weighted by atomic mass is 10.1. The molecule has 2 aromatic rings. The van der Waals surface area contributed by atoms with Gasteiger partial charge in [-0.15, -0.1) is 24.0 Å². The van der Waals surface area contributed by atoms with Gasteiger partial charge in [0.2, 0.25) is 0 Å². The number of guanidine groups is 1. The number of nitrogens with one attached hydrogen (secondary N) is 2. The Morgan fingerprint density at radius 2 is 1.91 bits per heavy atom. The Bertz CT molecular complexity index is 865. The van der Waals surface area contributed by atoms with Crippen LogP contribution in [0.4, 0.5) is 11.4 Å². The second kappa shape index (κ2) is 14.8. The first-order valence-electron chi connectivity index (χ1n) is 11.4. The predicted molar refractivity (Wildman–Crippen MR) is 147 cm³/mol. The molecular weight excluding hydrogens is 531 g/mol. The van der Waals surface area contributed by atoms with Crippen LogP contribution in [0.2, 0.25) is 0 Å². The molecule has 7 nitrogen and oxygen atoms in total. The average molecular weight is 569 g/mol. The standard InChI is InChI=1S/C25H36N4O3.HI/c1-4-26-25(28-21-8-5-11-24(16-21)32-15-7-14-30-2)27-18-20-12-13-29(19-20)22-9-6-10-23(17-22)31-3;/h5-6,8-11,16-17,20H,4,7,12-15,18-19H2,1-3H3,(H2,26,27,28);1H. The zero-order valence-electron chi connectivity index (χ0n) is 19.9. The Hall–Kier alpha value is -2.20. The van der Waals surface area contributed by atoms with Crippen molar-refractivity contribution in [3.8, 4) is 11.5 Å². The molecule has 1 atom stereocenters. The van der Waals surface area contributed by atoms with Gasteiger partial charge in [-0.1, -0.05) is 12.1 Å². The molecule has 1 unspecified atom stereocenters. The third kappa shape index (κ3) is 8.92. The van der Waals surface area contributed by atoms with Crippen molar-refractivity contribution in [2.24, 2.45) is 10.9 Å². The number of nitrogens with zero attached hydrogens (tertiary/aromatic N) is 2. The van der Waals surface area contributed by atoms with Crippen molar-refractivity contribution in [3.05, 3.63) is 48.5 Å². The van der Waals surface area contributed by atoms with Crippen LogP contribution in [0.25, 0.3) is 0 Å².